The van der Waals surface area contributed by atoms with Crippen LogP contribution < -0.4 is 11.1 Å². The van der Waals surface area contributed by atoms with Gasteiger partial charge in [0, 0.05) is 43.5 Å². The Hall–Kier alpha value is -2.31. The summed E-state index contributed by atoms with van der Waals surface area (Å²) in [7, 11) is 0. The van der Waals surface area contributed by atoms with Crippen LogP contribution in [0.5, 0.6) is 0 Å². The summed E-state index contributed by atoms with van der Waals surface area (Å²) in [6.45, 7) is 2.04. The standard InChI is InChI=1S/C22H27FN4O/c23-17-4-5-19-16(11-17)3-6-21(20(19)10-15-2-1-8-25-12-15)26-22(28)14-27-9-7-18(24)13-27/h1-2,4-5,8,11-12,18,20-21H,3,6-7,9-10,13-14,24H2,(H,26,28). The van der Waals surface area contributed by atoms with Gasteiger partial charge in [-0.05, 0) is 60.6 Å². The summed E-state index contributed by atoms with van der Waals surface area (Å²) in [6.07, 6.45) is 6.92. The molecule has 0 spiro atoms. The summed E-state index contributed by atoms with van der Waals surface area (Å²) in [5.74, 6) is -0.0501. The van der Waals surface area contributed by atoms with Gasteiger partial charge in [-0.1, -0.05) is 12.1 Å². The minimum Gasteiger partial charge on any atom is -0.352 e. The van der Waals surface area contributed by atoms with Crippen molar-refractivity contribution in [1.82, 2.24) is 15.2 Å². The predicted molar refractivity (Wildman–Crippen MR) is 106 cm³/mol. The molecule has 1 aliphatic heterocycles. The monoisotopic (exact) mass is 382 g/mol. The number of carbonyl (C=O) groups excluding carboxylic acids is 1. The van der Waals surface area contributed by atoms with E-state index < -0.39 is 0 Å². The van der Waals surface area contributed by atoms with Crippen LogP contribution in [-0.2, 0) is 17.6 Å². The molecule has 2 aromatic rings. The van der Waals surface area contributed by atoms with Gasteiger partial charge in [0.2, 0.25) is 5.91 Å². The molecule has 3 atom stereocenters. The zero-order chi connectivity index (χ0) is 19.5. The number of hydrogen-bond donors (Lipinski definition) is 2. The molecule has 2 heterocycles. The van der Waals surface area contributed by atoms with Crippen molar-refractivity contribution < 1.29 is 9.18 Å². The Balaban J connectivity index is 1.51. The lowest BCUT2D eigenvalue weighted by atomic mass is 9.76. The van der Waals surface area contributed by atoms with E-state index in [0.29, 0.717) is 6.54 Å². The number of hydrogen-bond acceptors (Lipinski definition) is 4. The molecule has 4 rings (SSSR count). The van der Waals surface area contributed by atoms with Crippen LogP contribution in [0.2, 0.25) is 0 Å². The van der Waals surface area contributed by atoms with E-state index in [0.717, 1.165) is 55.5 Å². The molecule has 0 bridgehead atoms. The molecular weight excluding hydrogens is 355 g/mol. The minimum absolute atomic E-state index is 0.0296. The number of aryl methyl sites for hydroxylation is 1. The Labute approximate surface area is 165 Å². The highest BCUT2D eigenvalue weighted by molar-refractivity contribution is 5.78. The maximum absolute atomic E-state index is 13.7. The Kier molecular flexibility index (Phi) is 5.69. The molecule has 0 saturated carbocycles. The number of benzene rings is 1. The van der Waals surface area contributed by atoms with Gasteiger partial charge in [0.15, 0.2) is 0 Å². The molecular formula is C22H27FN4O. The minimum atomic E-state index is -0.202. The largest absolute Gasteiger partial charge is 0.352 e. The van der Waals surface area contributed by atoms with E-state index in [9.17, 15) is 9.18 Å². The fraction of sp³-hybridized carbons (Fsp3) is 0.455. The van der Waals surface area contributed by atoms with E-state index in [1.165, 1.54) is 6.07 Å². The Morgan fingerprint density at radius 1 is 1.32 bits per heavy atom. The van der Waals surface area contributed by atoms with Crippen molar-refractivity contribution in [3.63, 3.8) is 0 Å². The zero-order valence-corrected chi connectivity index (χ0v) is 16.0. The maximum Gasteiger partial charge on any atom is 0.234 e. The van der Waals surface area contributed by atoms with Crippen LogP contribution >= 0.6 is 0 Å². The summed E-state index contributed by atoms with van der Waals surface area (Å²) in [5.41, 5.74) is 9.24. The van der Waals surface area contributed by atoms with Gasteiger partial charge < -0.3 is 11.1 Å². The number of aromatic nitrogens is 1. The van der Waals surface area contributed by atoms with Crippen molar-refractivity contribution in [2.45, 2.75) is 43.7 Å². The van der Waals surface area contributed by atoms with Gasteiger partial charge >= 0.3 is 0 Å². The van der Waals surface area contributed by atoms with Crippen LogP contribution in [0.4, 0.5) is 4.39 Å². The first-order chi connectivity index (χ1) is 13.6. The van der Waals surface area contributed by atoms with E-state index in [4.69, 9.17) is 5.73 Å². The molecule has 1 aromatic carbocycles. The molecule has 1 aliphatic carbocycles. The number of carbonyl (C=O) groups is 1. The highest BCUT2D eigenvalue weighted by atomic mass is 19.1. The molecule has 0 radical (unpaired) electrons. The molecule has 148 valence electrons. The number of nitrogens with one attached hydrogen (secondary N) is 1. The summed E-state index contributed by atoms with van der Waals surface area (Å²) in [5, 5.41) is 3.25. The summed E-state index contributed by atoms with van der Waals surface area (Å²) in [6, 6.07) is 9.21. The van der Waals surface area contributed by atoms with Gasteiger partial charge in [-0.15, -0.1) is 0 Å². The van der Waals surface area contributed by atoms with Crippen molar-refractivity contribution in [3.8, 4) is 0 Å². The quantitative estimate of drug-likeness (QED) is 0.830. The molecule has 3 N–H and O–H groups in total. The fourth-order valence-electron chi connectivity index (χ4n) is 4.54. The van der Waals surface area contributed by atoms with Crippen molar-refractivity contribution in [1.29, 1.82) is 0 Å². The normalized spacial score (nSPS) is 24.7. The van der Waals surface area contributed by atoms with Gasteiger partial charge in [-0.3, -0.25) is 14.7 Å². The summed E-state index contributed by atoms with van der Waals surface area (Å²) in [4.78, 5) is 19.0. The third-order valence-electron chi connectivity index (χ3n) is 5.92. The van der Waals surface area contributed by atoms with Crippen LogP contribution in [-0.4, -0.2) is 47.5 Å². The fourth-order valence-corrected chi connectivity index (χ4v) is 4.54. The lowest BCUT2D eigenvalue weighted by molar-refractivity contribution is -0.123. The van der Waals surface area contributed by atoms with Crippen molar-refractivity contribution in [2.24, 2.45) is 5.73 Å². The molecule has 1 saturated heterocycles. The first-order valence-corrected chi connectivity index (χ1v) is 10.0. The second kappa shape index (κ2) is 8.37. The lowest BCUT2D eigenvalue weighted by Crippen LogP contribution is -2.46. The van der Waals surface area contributed by atoms with Gasteiger partial charge in [0.1, 0.15) is 5.82 Å². The Morgan fingerprint density at radius 2 is 2.21 bits per heavy atom. The third kappa shape index (κ3) is 4.39. The van der Waals surface area contributed by atoms with E-state index in [2.05, 4.69) is 21.3 Å². The molecule has 5 nitrogen and oxygen atoms in total. The average Bonchev–Trinajstić information content (AvgIpc) is 3.09. The lowest BCUT2D eigenvalue weighted by Gasteiger charge is -2.35. The third-order valence-corrected chi connectivity index (χ3v) is 5.92. The van der Waals surface area contributed by atoms with Crippen molar-refractivity contribution >= 4 is 5.91 Å². The Bertz CT molecular complexity index is 829. The highest BCUT2D eigenvalue weighted by Crippen LogP contribution is 2.35. The van der Waals surface area contributed by atoms with Crippen molar-refractivity contribution in [3.05, 3.63) is 65.2 Å². The van der Waals surface area contributed by atoms with E-state index in [-0.39, 0.29) is 29.7 Å². The molecule has 6 heteroatoms. The number of likely N-dealkylation sites (tertiary alicyclic amines) is 1. The second-order valence-electron chi connectivity index (χ2n) is 8.01. The topological polar surface area (TPSA) is 71.2 Å². The molecule has 3 unspecified atom stereocenters. The molecule has 1 fully saturated rings. The predicted octanol–water partition coefficient (Wildman–Crippen LogP) is 2.01. The number of halogens is 1. The van der Waals surface area contributed by atoms with Gasteiger partial charge in [-0.25, -0.2) is 4.39 Å². The summed E-state index contributed by atoms with van der Waals surface area (Å²) < 4.78 is 13.7. The van der Waals surface area contributed by atoms with Gasteiger partial charge in [0.05, 0.1) is 6.54 Å². The average molecular weight is 382 g/mol. The number of nitrogens with two attached hydrogens (primary N) is 1. The van der Waals surface area contributed by atoms with E-state index >= 15 is 0 Å². The molecule has 28 heavy (non-hydrogen) atoms. The van der Waals surface area contributed by atoms with Crippen molar-refractivity contribution in [2.75, 3.05) is 19.6 Å². The van der Waals surface area contributed by atoms with Crippen LogP contribution in [0.1, 0.15) is 35.4 Å². The van der Waals surface area contributed by atoms with Crippen LogP contribution in [0.15, 0.2) is 42.7 Å². The zero-order valence-electron chi connectivity index (χ0n) is 16.0. The number of pyridine rings is 1. The van der Waals surface area contributed by atoms with Gasteiger partial charge in [0.25, 0.3) is 0 Å². The summed E-state index contributed by atoms with van der Waals surface area (Å²) >= 11 is 0. The SMILES string of the molecule is NC1CCN(CC(=O)NC2CCc3cc(F)ccc3C2Cc2cccnc2)C1. The number of amides is 1. The number of nitrogens with zero attached hydrogens (tertiary/aromatic N) is 2. The van der Waals surface area contributed by atoms with E-state index in [1.54, 1.807) is 12.3 Å². The van der Waals surface area contributed by atoms with E-state index in [1.807, 2.05) is 18.3 Å². The molecule has 1 aromatic heterocycles. The number of rotatable bonds is 5. The molecule has 2 aliphatic rings. The van der Waals surface area contributed by atoms with Crippen LogP contribution in [0.25, 0.3) is 0 Å². The first kappa shape index (κ1) is 19.0. The Morgan fingerprint density at radius 3 is 2.96 bits per heavy atom. The first-order valence-electron chi connectivity index (χ1n) is 10.0. The van der Waals surface area contributed by atoms with Gasteiger partial charge in [-0.2, -0.15) is 0 Å². The number of fused-ring (bicyclic) bond motifs is 1. The second-order valence-corrected chi connectivity index (χ2v) is 8.01. The van der Waals surface area contributed by atoms with Crippen LogP contribution in [0, 0.1) is 5.82 Å². The molecule has 1 amide bonds. The smallest absolute Gasteiger partial charge is 0.234 e. The van der Waals surface area contributed by atoms with Crippen LogP contribution in [0.3, 0.4) is 0 Å². The highest BCUT2D eigenvalue weighted by Gasteiger charge is 2.32. The maximum atomic E-state index is 13.7.